The molecule has 0 saturated carbocycles. The van der Waals surface area contributed by atoms with Crippen LogP contribution in [0.15, 0.2) is 24.3 Å². The molecule has 1 N–H and O–H groups in total. The lowest BCUT2D eigenvalue weighted by molar-refractivity contribution is -0.153. The van der Waals surface area contributed by atoms with E-state index < -0.39 is 36.3 Å². The Labute approximate surface area is 159 Å². The van der Waals surface area contributed by atoms with Gasteiger partial charge in [0.15, 0.2) is 6.61 Å². The highest BCUT2D eigenvalue weighted by molar-refractivity contribution is 6.22. The van der Waals surface area contributed by atoms with E-state index in [0.29, 0.717) is 0 Å². The number of nitrogens with one attached hydrogen (secondary N) is 1. The number of esters is 1. The molecule has 1 heterocycles. The first-order chi connectivity index (χ1) is 12.6. The number of imide groups is 1. The monoisotopic (exact) mass is 374 g/mol. The van der Waals surface area contributed by atoms with E-state index in [1.54, 1.807) is 38.1 Å². The molecule has 0 aromatic heterocycles. The summed E-state index contributed by atoms with van der Waals surface area (Å²) in [6, 6.07) is 5.28. The molecule has 0 aliphatic carbocycles. The Kier molecular flexibility index (Phi) is 6.36. The molecule has 1 aliphatic heterocycles. The van der Waals surface area contributed by atoms with Gasteiger partial charge in [-0.05, 0) is 30.9 Å². The quantitative estimate of drug-likeness (QED) is 0.582. The molecule has 146 valence electrons. The third kappa shape index (κ3) is 4.35. The smallest absolute Gasteiger partial charge is 0.330 e. The Morgan fingerprint density at radius 2 is 1.48 bits per heavy atom. The summed E-state index contributed by atoms with van der Waals surface area (Å²) in [5.41, 5.74) is 0.536. The van der Waals surface area contributed by atoms with Gasteiger partial charge in [-0.15, -0.1) is 0 Å². The van der Waals surface area contributed by atoms with Crippen molar-refractivity contribution in [3.8, 4) is 0 Å². The summed E-state index contributed by atoms with van der Waals surface area (Å²) in [5.74, 6) is -2.36. The first kappa shape index (κ1) is 20.6. The minimum atomic E-state index is -1.09. The molecule has 1 aromatic carbocycles. The lowest BCUT2D eigenvalue weighted by atomic mass is 10.0. The summed E-state index contributed by atoms with van der Waals surface area (Å²) in [4.78, 5) is 50.7. The third-order valence-corrected chi connectivity index (χ3v) is 4.71. The summed E-state index contributed by atoms with van der Waals surface area (Å²) in [7, 11) is 0. The van der Waals surface area contributed by atoms with E-state index in [-0.39, 0.29) is 29.0 Å². The molecule has 0 spiro atoms. The molecule has 3 amide bonds. The van der Waals surface area contributed by atoms with Crippen LogP contribution >= 0.6 is 0 Å². The van der Waals surface area contributed by atoms with Gasteiger partial charge in [0.2, 0.25) is 0 Å². The molecule has 0 saturated heterocycles. The van der Waals surface area contributed by atoms with Gasteiger partial charge in [0.05, 0.1) is 11.1 Å². The second-order valence-electron chi connectivity index (χ2n) is 7.42. The van der Waals surface area contributed by atoms with Crippen molar-refractivity contribution < 1.29 is 23.9 Å². The largest absolute Gasteiger partial charge is 0.454 e. The second-order valence-corrected chi connectivity index (χ2v) is 7.42. The molecule has 2 atom stereocenters. The van der Waals surface area contributed by atoms with Crippen LogP contribution in [0.2, 0.25) is 0 Å². The summed E-state index contributed by atoms with van der Waals surface area (Å²) >= 11 is 0. The highest BCUT2D eigenvalue weighted by Gasteiger charge is 2.44. The number of hydrogen-bond donors (Lipinski definition) is 1. The highest BCUT2D eigenvalue weighted by Crippen LogP contribution is 2.27. The first-order valence-corrected chi connectivity index (χ1v) is 9.08. The van der Waals surface area contributed by atoms with Crippen LogP contribution < -0.4 is 5.32 Å². The van der Waals surface area contributed by atoms with E-state index in [0.717, 1.165) is 4.90 Å². The van der Waals surface area contributed by atoms with Gasteiger partial charge in [-0.1, -0.05) is 39.8 Å². The molecular weight excluding hydrogens is 348 g/mol. The summed E-state index contributed by atoms with van der Waals surface area (Å²) in [6.45, 7) is 8.77. The van der Waals surface area contributed by atoms with Crippen LogP contribution in [-0.2, 0) is 14.3 Å². The van der Waals surface area contributed by atoms with Crippen LogP contribution in [-0.4, -0.2) is 47.3 Å². The summed E-state index contributed by atoms with van der Waals surface area (Å²) in [5, 5.41) is 2.74. The minimum Gasteiger partial charge on any atom is -0.454 e. The zero-order valence-corrected chi connectivity index (χ0v) is 16.3. The predicted octanol–water partition coefficient (Wildman–Crippen LogP) is 2.01. The maximum absolute atomic E-state index is 12.6. The van der Waals surface area contributed by atoms with Crippen LogP contribution in [0.1, 0.15) is 55.3 Å². The van der Waals surface area contributed by atoms with Crippen molar-refractivity contribution in [1.29, 1.82) is 0 Å². The van der Waals surface area contributed by atoms with E-state index in [9.17, 15) is 19.2 Å². The van der Waals surface area contributed by atoms with Crippen molar-refractivity contribution >= 4 is 23.7 Å². The van der Waals surface area contributed by atoms with Crippen LogP contribution in [0.4, 0.5) is 0 Å². The van der Waals surface area contributed by atoms with Gasteiger partial charge in [-0.2, -0.15) is 0 Å². The topological polar surface area (TPSA) is 92.8 Å². The highest BCUT2D eigenvalue weighted by atomic mass is 16.5. The van der Waals surface area contributed by atoms with Crippen molar-refractivity contribution in [2.45, 2.75) is 46.7 Å². The standard InChI is InChI=1S/C20H26N2O5/c1-11(2)13(5)21-16(23)10-27-20(26)17(12(3)4)22-18(24)14-8-6-7-9-15(14)19(22)25/h6-9,11-13,17H,10H2,1-5H3,(H,21,23)/t13-,17+/m0/s1. The number of benzene rings is 1. The Morgan fingerprint density at radius 3 is 1.93 bits per heavy atom. The van der Waals surface area contributed by atoms with Crippen molar-refractivity contribution in [2.24, 2.45) is 11.8 Å². The van der Waals surface area contributed by atoms with E-state index in [1.165, 1.54) is 0 Å². The van der Waals surface area contributed by atoms with E-state index in [1.807, 2.05) is 20.8 Å². The third-order valence-electron chi connectivity index (χ3n) is 4.71. The molecule has 1 aliphatic rings. The average Bonchev–Trinajstić information content (AvgIpc) is 2.85. The number of amides is 3. The molecule has 0 radical (unpaired) electrons. The predicted molar refractivity (Wildman–Crippen MR) is 99.0 cm³/mol. The van der Waals surface area contributed by atoms with Crippen LogP contribution in [0.5, 0.6) is 0 Å². The van der Waals surface area contributed by atoms with Gasteiger partial charge in [0.25, 0.3) is 17.7 Å². The van der Waals surface area contributed by atoms with Crippen molar-refractivity contribution in [1.82, 2.24) is 10.2 Å². The van der Waals surface area contributed by atoms with Gasteiger partial charge in [0.1, 0.15) is 6.04 Å². The second kappa shape index (κ2) is 8.33. The van der Waals surface area contributed by atoms with Gasteiger partial charge in [0, 0.05) is 6.04 Å². The fourth-order valence-electron chi connectivity index (χ4n) is 2.82. The fraction of sp³-hybridized carbons (Fsp3) is 0.500. The first-order valence-electron chi connectivity index (χ1n) is 9.08. The van der Waals surface area contributed by atoms with E-state index in [4.69, 9.17) is 4.74 Å². The van der Waals surface area contributed by atoms with E-state index >= 15 is 0 Å². The Morgan fingerprint density at radius 1 is 0.963 bits per heavy atom. The van der Waals surface area contributed by atoms with Gasteiger partial charge >= 0.3 is 5.97 Å². The zero-order valence-electron chi connectivity index (χ0n) is 16.3. The maximum Gasteiger partial charge on any atom is 0.330 e. The Bertz CT molecular complexity index is 721. The number of ether oxygens (including phenoxy) is 1. The van der Waals surface area contributed by atoms with E-state index in [2.05, 4.69) is 5.32 Å². The number of carbonyl (C=O) groups is 4. The number of fused-ring (bicyclic) bond motifs is 1. The van der Waals surface area contributed by atoms with Crippen LogP contribution in [0, 0.1) is 11.8 Å². The van der Waals surface area contributed by atoms with Crippen molar-refractivity contribution in [3.05, 3.63) is 35.4 Å². The number of rotatable bonds is 7. The Balaban J connectivity index is 2.10. The SMILES string of the molecule is CC(C)[C@H](C)NC(=O)COC(=O)[C@@H](C(C)C)N1C(=O)c2ccccc2C1=O. The zero-order chi connectivity index (χ0) is 20.3. The number of nitrogens with zero attached hydrogens (tertiary/aromatic N) is 1. The van der Waals surface area contributed by atoms with Crippen LogP contribution in [0.25, 0.3) is 0 Å². The normalized spacial score (nSPS) is 15.7. The molecule has 0 fully saturated rings. The van der Waals surface area contributed by atoms with Gasteiger partial charge < -0.3 is 10.1 Å². The van der Waals surface area contributed by atoms with Gasteiger partial charge in [-0.3, -0.25) is 19.3 Å². The van der Waals surface area contributed by atoms with Crippen molar-refractivity contribution in [2.75, 3.05) is 6.61 Å². The molecule has 2 rings (SSSR count). The summed E-state index contributed by atoms with van der Waals surface area (Å²) < 4.78 is 5.12. The van der Waals surface area contributed by atoms with Crippen molar-refractivity contribution in [3.63, 3.8) is 0 Å². The molecule has 0 unspecified atom stereocenters. The average molecular weight is 374 g/mol. The Hall–Kier alpha value is -2.70. The molecule has 0 bridgehead atoms. The summed E-state index contributed by atoms with van der Waals surface area (Å²) in [6.07, 6.45) is 0. The fourth-order valence-corrected chi connectivity index (χ4v) is 2.82. The molecule has 7 nitrogen and oxygen atoms in total. The lowest BCUT2D eigenvalue weighted by Crippen LogP contribution is -2.49. The molecule has 1 aromatic rings. The lowest BCUT2D eigenvalue weighted by Gasteiger charge is -2.27. The van der Waals surface area contributed by atoms with Crippen LogP contribution in [0.3, 0.4) is 0 Å². The number of carbonyl (C=O) groups excluding carboxylic acids is 4. The molecule has 7 heteroatoms. The molecular formula is C20H26N2O5. The maximum atomic E-state index is 12.6. The molecule has 27 heavy (non-hydrogen) atoms. The minimum absolute atomic E-state index is 0.0617. The number of hydrogen-bond acceptors (Lipinski definition) is 5. The van der Waals surface area contributed by atoms with Gasteiger partial charge in [-0.25, -0.2) is 4.79 Å².